The molecule has 3 heterocycles. The number of hydrogen-bond donors (Lipinski definition) is 3. The number of H-pyrrole nitrogens is 1. The quantitative estimate of drug-likeness (QED) is 0.453. The van der Waals surface area contributed by atoms with Crippen molar-refractivity contribution < 1.29 is 14.6 Å². The summed E-state index contributed by atoms with van der Waals surface area (Å²) in [6.07, 6.45) is 5.00. The molecule has 1 aliphatic heterocycles. The zero-order chi connectivity index (χ0) is 22.2. The zero-order valence-corrected chi connectivity index (χ0v) is 17.7. The lowest BCUT2D eigenvalue weighted by molar-refractivity contribution is 0.0737. The molecule has 7 nitrogen and oxygen atoms in total. The van der Waals surface area contributed by atoms with Crippen LogP contribution in [0.2, 0.25) is 0 Å². The highest BCUT2D eigenvalue weighted by Crippen LogP contribution is 2.36. The molecule has 1 aliphatic rings. The molecular formula is C25H24N4O3. The maximum absolute atomic E-state index is 13.0. The minimum absolute atomic E-state index is 0.0526. The first kappa shape index (κ1) is 20.1. The van der Waals surface area contributed by atoms with E-state index in [1.165, 1.54) is 0 Å². The van der Waals surface area contributed by atoms with E-state index in [1.54, 1.807) is 36.4 Å². The summed E-state index contributed by atoms with van der Waals surface area (Å²) < 4.78 is 5.53. The van der Waals surface area contributed by atoms with Gasteiger partial charge >= 0.3 is 0 Å². The van der Waals surface area contributed by atoms with Crippen molar-refractivity contribution in [1.29, 1.82) is 0 Å². The Balaban J connectivity index is 1.58. The zero-order valence-electron chi connectivity index (χ0n) is 17.7. The predicted octanol–water partition coefficient (Wildman–Crippen LogP) is 4.13. The van der Waals surface area contributed by atoms with Crippen LogP contribution < -0.4 is 10.5 Å². The van der Waals surface area contributed by atoms with Gasteiger partial charge in [0, 0.05) is 41.0 Å². The second kappa shape index (κ2) is 8.01. The maximum Gasteiger partial charge on any atom is 0.258 e. The van der Waals surface area contributed by atoms with E-state index in [0.717, 1.165) is 51.9 Å². The standard InChI is InChI=1S/C25H24N4O3/c1-32-22-6-3-2-5-17(22)20-14-28-24-18(20)12-16(13-27-24)15-8-9-21(30)19(11-15)25(31)29-10-4-7-23(29)26/h2-3,5-6,8-9,11-14,23,30H,4,7,10,26H2,1H3,(H,27,28). The van der Waals surface area contributed by atoms with E-state index in [2.05, 4.69) is 9.97 Å². The number of phenols is 1. The van der Waals surface area contributed by atoms with Crippen LogP contribution in [0.4, 0.5) is 0 Å². The lowest BCUT2D eigenvalue weighted by Gasteiger charge is -2.22. The summed E-state index contributed by atoms with van der Waals surface area (Å²) in [4.78, 5) is 22.4. The fourth-order valence-corrected chi connectivity index (χ4v) is 4.34. The SMILES string of the molecule is COc1ccccc1-c1c[nH]c2ncc(-c3ccc(O)c(C(=O)N4CCCC4N)c3)cc12. The molecule has 4 N–H and O–H groups in total. The second-order valence-corrected chi connectivity index (χ2v) is 7.96. The summed E-state index contributed by atoms with van der Waals surface area (Å²) in [5, 5.41) is 11.3. The number of aromatic amines is 1. The Morgan fingerprint density at radius 1 is 1.19 bits per heavy atom. The number of nitrogens with two attached hydrogens (primary N) is 1. The molecule has 7 heteroatoms. The Morgan fingerprint density at radius 3 is 2.81 bits per heavy atom. The average molecular weight is 428 g/mol. The normalized spacial score (nSPS) is 15.9. The molecule has 32 heavy (non-hydrogen) atoms. The van der Waals surface area contributed by atoms with Crippen LogP contribution in [0.1, 0.15) is 23.2 Å². The van der Waals surface area contributed by atoms with Crippen LogP contribution in [0, 0.1) is 0 Å². The van der Waals surface area contributed by atoms with Crippen LogP contribution in [0.3, 0.4) is 0 Å². The summed E-state index contributed by atoms with van der Waals surface area (Å²) in [5.74, 6) is 0.473. The van der Waals surface area contributed by atoms with Crippen LogP contribution >= 0.6 is 0 Å². The number of likely N-dealkylation sites (tertiary alicyclic amines) is 1. The third kappa shape index (κ3) is 3.36. The summed E-state index contributed by atoms with van der Waals surface area (Å²) >= 11 is 0. The van der Waals surface area contributed by atoms with E-state index in [1.807, 2.05) is 36.5 Å². The van der Waals surface area contributed by atoms with E-state index in [-0.39, 0.29) is 23.4 Å². The van der Waals surface area contributed by atoms with Gasteiger partial charge in [-0.2, -0.15) is 0 Å². The molecule has 0 bridgehead atoms. The molecule has 0 aliphatic carbocycles. The molecule has 162 valence electrons. The van der Waals surface area contributed by atoms with Gasteiger partial charge in [0.05, 0.1) is 18.8 Å². The number of methoxy groups -OCH3 is 1. The van der Waals surface area contributed by atoms with Gasteiger partial charge in [0.15, 0.2) is 0 Å². The minimum Gasteiger partial charge on any atom is -0.507 e. The molecule has 0 saturated carbocycles. The Kier molecular flexibility index (Phi) is 5.03. The second-order valence-electron chi connectivity index (χ2n) is 7.96. The molecule has 1 saturated heterocycles. The Hall–Kier alpha value is -3.84. The number of hydrogen-bond acceptors (Lipinski definition) is 5. The number of rotatable bonds is 4. The van der Waals surface area contributed by atoms with Crippen molar-refractivity contribution in [2.75, 3.05) is 13.7 Å². The van der Waals surface area contributed by atoms with E-state index < -0.39 is 0 Å². The number of para-hydroxylation sites is 1. The van der Waals surface area contributed by atoms with Gasteiger partial charge in [-0.15, -0.1) is 0 Å². The van der Waals surface area contributed by atoms with Gasteiger partial charge in [0.25, 0.3) is 5.91 Å². The van der Waals surface area contributed by atoms with Crippen molar-refractivity contribution in [3.05, 3.63) is 66.5 Å². The van der Waals surface area contributed by atoms with Crippen molar-refractivity contribution in [2.24, 2.45) is 5.73 Å². The van der Waals surface area contributed by atoms with E-state index in [0.29, 0.717) is 6.54 Å². The Bertz CT molecular complexity index is 1310. The fraction of sp³-hybridized carbons (Fsp3) is 0.200. The first-order valence-electron chi connectivity index (χ1n) is 10.6. The number of phenolic OH excluding ortho intramolecular Hbond substituents is 1. The molecule has 0 radical (unpaired) electrons. The smallest absolute Gasteiger partial charge is 0.258 e. The van der Waals surface area contributed by atoms with Gasteiger partial charge in [0.1, 0.15) is 17.1 Å². The third-order valence-corrected chi connectivity index (χ3v) is 6.05. The van der Waals surface area contributed by atoms with Crippen molar-refractivity contribution in [3.63, 3.8) is 0 Å². The van der Waals surface area contributed by atoms with Crippen LogP contribution in [-0.4, -0.2) is 45.7 Å². The monoisotopic (exact) mass is 428 g/mol. The van der Waals surface area contributed by atoms with Crippen molar-refractivity contribution in [1.82, 2.24) is 14.9 Å². The highest BCUT2D eigenvalue weighted by Gasteiger charge is 2.28. The third-order valence-electron chi connectivity index (χ3n) is 6.05. The van der Waals surface area contributed by atoms with Crippen molar-refractivity contribution >= 4 is 16.9 Å². The maximum atomic E-state index is 13.0. The van der Waals surface area contributed by atoms with E-state index in [9.17, 15) is 9.90 Å². The summed E-state index contributed by atoms with van der Waals surface area (Å²) in [6, 6.07) is 14.9. The molecule has 4 aromatic rings. The molecule has 1 unspecified atom stereocenters. The summed E-state index contributed by atoms with van der Waals surface area (Å²) in [5.41, 5.74) is 10.6. The first-order chi connectivity index (χ1) is 15.6. The number of ether oxygens (including phenoxy) is 1. The number of carbonyl (C=O) groups excluding carboxylic acids is 1. The predicted molar refractivity (Wildman–Crippen MR) is 123 cm³/mol. The number of nitrogens with zero attached hydrogens (tertiary/aromatic N) is 2. The topological polar surface area (TPSA) is 104 Å². The van der Waals surface area contributed by atoms with Gasteiger partial charge in [-0.05, 0) is 42.7 Å². The summed E-state index contributed by atoms with van der Waals surface area (Å²) in [7, 11) is 1.65. The molecule has 0 spiro atoms. The molecule has 1 atom stereocenters. The number of carbonyl (C=O) groups is 1. The lowest BCUT2D eigenvalue weighted by Crippen LogP contribution is -2.41. The first-order valence-corrected chi connectivity index (χ1v) is 10.6. The number of amides is 1. The number of pyridine rings is 1. The van der Waals surface area contributed by atoms with Gasteiger partial charge in [-0.25, -0.2) is 4.98 Å². The van der Waals surface area contributed by atoms with Crippen molar-refractivity contribution in [2.45, 2.75) is 19.0 Å². The van der Waals surface area contributed by atoms with Crippen LogP contribution in [0.5, 0.6) is 11.5 Å². The van der Waals surface area contributed by atoms with Crippen LogP contribution in [0.25, 0.3) is 33.3 Å². The van der Waals surface area contributed by atoms with Gasteiger partial charge in [-0.3, -0.25) is 4.79 Å². The minimum atomic E-state index is -0.313. The number of aromatic hydroxyl groups is 1. The van der Waals surface area contributed by atoms with E-state index >= 15 is 0 Å². The lowest BCUT2D eigenvalue weighted by atomic mass is 10.00. The van der Waals surface area contributed by atoms with Gasteiger partial charge in [-0.1, -0.05) is 24.3 Å². The molecule has 1 amide bonds. The molecule has 1 fully saturated rings. The van der Waals surface area contributed by atoms with Crippen LogP contribution in [0.15, 0.2) is 60.9 Å². The van der Waals surface area contributed by atoms with Crippen molar-refractivity contribution in [3.8, 4) is 33.8 Å². The number of fused-ring (bicyclic) bond motifs is 1. The molecule has 2 aromatic heterocycles. The number of nitrogens with one attached hydrogen (secondary N) is 1. The molecule has 5 rings (SSSR count). The fourth-order valence-electron chi connectivity index (χ4n) is 4.34. The van der Waals surface area contributed by atoms with Gasteiger partial charge in [0.2, 0.25) is 0 Å². The number of benzene rings is 2. The summed E-state index contributed by atoms with van der Waals surface area (Å²) in [6.45, 7) is 0.600. The number of aromatic nitrogens is 2. The highest BCUT2D eigenvalue weighted by molar-refractivity contribution is 6.00. The average Bonchev–Trinajstić information content (AvgIpc) is 3.44. The van der Waals surface area contributed by atoms with Gasteiger partial charge < -0.3 is 25.5 Å². The Morgan fingerprint density at radius 2 is 2.03 bits per heavy atom. The largest absolute Gasteiger partial charge is 0.507 e. The Labute approximate surface area is 185 Å². The van der Waals surface area contributed by atoms with E-state index in [4.69, 9.17) is 10.5 Å². The molecule has 2 aromatic carbocycles. The highest BCUT2D eigenvalue weighted by atomic mass is 16.5. The van der Waals surface area contributed by atoms with Crippen LogP contribution in [-0.2, 0) is 0 Å². The molecular weight excluding hydrogens is 404 g/mol.